The largest absolute Gasteiger partial charge is 0.481 e. The van der Waals surface area contributed by atoms with E-state index in [1.165, 1.54) is 6.92 Å². The molecule has 0 bridgehead atoms. The molecule has 5 unspecified atom stereocenters. The highest BCUT2D eigenvalue weighted by atomic mass is 32.1. The molecule has 0 fully saturated rings. The zero-order valence-electron chi connectivity index (χ0n) is 17.8. The number of amides is 3. The van der Waals surface area contributed by atoms with E-state index in [0.717, 1.165) is 0 Å². The standard InChI is InChI=1S/C18H33N5O8S/c1-9(24)14(20)17(29)22-11(5-6-13(25)26)16(28)21-10(4-2-3-7-19)15(27)23-12(8-32)18(30)31/h9-12,14,24,32H,2-8,19-20H2,1H3,(H,21,28)(H,22,29)(H,23,27)(H,25,26)(H,30,31). The summed E-state index contributed by atoms with van der Waals surface area (Å²) in [5, 5.41) is 34.4. The number of rotatable bonds is 16. The Hall–Kier alpha value is -2.42. The van der Waals surface area contributed by atoms with E-state index in [-0.39, 0.29) is 18.6 Å². The summed E-state index contributed by atoms with van der Waals surface area (Å²) in [4.78, 5) is 59.6. The number of aliphatic carboxylic acids is 2. The Bertz CT molecular complexity index is 663. The monoisotopic (exact) mass is 479 g/mol. The van der Waals surface area contributed by atoms with E-state index < -0.39 is 66.4 Å². The Morgan fingerprint density at radius 1 is 0.875 bits per heavy atom. The number of aliphatic hydroxyl groups is 1. The highest BCUT2D eigenvalue weighted by Gasteiger charge is 2.30. The first-order chi connectivity index (χ1) is 14.9. The van der Waals surface area contributed by atoms with Gasteiger partial charge in [-0.2, -0.15) is 12.6 Å². The molecule has 184 valence electrons. The zero-order valence-corrected chi connectivity index (χ0v) is 18.7. The number of nitrogens with one attached hydrogen (secondary N) is 3. The quantitative estimate of drug-likeness (QED) is 0.0812. The van der Waals surface area contributed by atoms with Crippen LogP contribution in [0.5, 0.6) is 0 Å². The van der Waals surface area contributed by atoms with Gasteiger partial charge in [-0.3, -0.25) is 19.2 Å². The molecule has 10 N–H and O–H groups in total. The van der Waals surface area contributed by atoms with Crippen molar-refractivity contribution >= 4 is 42.3 Å². The van der Waals surface area contributed by atoms with Gasteiger partial charge in [0, 0.05) is 12.2 Å². The Labute approximate surface area is 191 Å². The summed E-state index contributed by atoms with van der Waals surface area (Å²) < 4.78 is 0. The fraction of sp³-hybridized carbons (Fsp3) is 0.722. The first kappa shape index (κ1) is 29.6. The minimum Gasteiger partial charge on any atom is -0.481 e. The van der Waals surface area contributed by atoms with Crippen molar-refractivity contribution in [1.82, 2.24) is 16.0 Å². The molecule has 5 atom stereocenters. The van der Waals surface area contributed by atoms with Crippen LogP contribution in [0.25, 0.3) is 0 Å². The normalized spacial score (nSPS) is 15.5. The van der Waals surface area contributed by atoms with Gasteiger partial charge in [0.05, 0.1) is 6.10 Å². The summed E-state index contributed by atoms with van der Waals surface area (Å²) in [7, 11) is 0. The lowest BCUT2D eigenvalue weighted by molar-refractivity contribution is -0.141. The number of thiol groups is 1. The summed E-state index contributed by atoms with van der Waals surface area (Å²) in [5.41, 5.74) is 11.0. The smallest absolute Gasteiger partial charge is 0.327 e. The molecule has 0 heterocycles. The molecule has 0 saturated carbocycles. The minimum atomic E-state index is -1.36. The summed E-state index contributed by atoms with van der Waals surface area (Å²) in [6.07, 6.45) is -0.885. The molecule has 0 rings (SSSR count). The van der Waals surface area contributed by atoms with Gasteiger partial charge in [0.1, 0.15) is 24.2 Å². The summed E-state index contributed by atoms with van der Waals surface area (Å²) in [6, 6.07) is -5.16. The SMILES string of the molecule is CC(O)C(N)C(=O)NC(CCC(=O)O)C(=O)NC(CCCCN)C(=O)NC(CS)C(=O)O. The molecule has 14 heteroatoms. The average Bonchev–Trinajstić information content (AvgIpc) is 2.72. The molecule has 0 aliphatic carbocycles. The number of carbonyl (C=O) groups is 5. The number of carbonyl (C=O) groups excluding carboxylic acids is 3. The van der Waals surface area contributed by atoms with Gasteiger partial charge >= 0.3 is 11.9 Å². The lowest BCUT2D eigenvalue weighted by Gasteiger charge is -2.25. The molecule has 3 amide bonds. The molecule has 0 aromatic heterocycles. The highest BCUT2D eigenvalue weighted by Crippen LogP contribution is 2.06. The van der Waals surface area contributed by atoms with Crippen molar-refractivity contribution in [3.63, 3.8) is 0 Å². The van der Waals surface area contributed by atoms with Gasteiger partial charge < -0.3 is 42.7 Å². The molecule has 0 aromatic rings. The Kier molecular flexibility index (Phi) is 14.2. The molecule has 0 aliphatic heterocycles. The van der Waals surface area contributed by atoms with Gasteiger partial charge in [-0.05, 0) is 39.2 Å². The van der Waals surface area contributed by atoms with Crippen LogP contribution in [-0.2, 0) is 24.0 Å². The summed E-state index contributed by atoms with van der Waals surface area (Å²) >= 11 is 3.87. The second-order valence-corrected chi connectivity index (χ2v) is 7.55. The zero-order chi connectivity index (χ0) is 24.8. The topological polar surface area (TPSA) is 234 Å². The molecule has 0 spiro atoms. The van der Waals surface area contributed by atoms with Gasteiger partial charge in [0.2, 0.25) is 17.7 Å². The molecule has 0 radical (unpaired) electrons. The Morgan fingerprint density at radius 3 is 1.81 bits per heavy atom. The minimum absolute atomic E-state index is 0.125. The Morgan fingerprint density at radius 2 is 1.38 bits per heavy atom. The third-order valence-electron chi connectivity index (χ3n) is 4.48. The van der Waals surface area contributed by atoms with E-state index in [2.05, 4.69) is 28.6 Å². The van der Waals surface area contributed by atoms with Crippen molar-refractivity contribution in [3.05, 3.63) is 0 Å². The van der Waals surface area contributed by atoms with Crippen LogP contribution in [0.2, 0.25) is 0 Å². The van der Waals surface area contributed by atoms with Crippen molar-refractivity contribution < 1.29 is 39.3 Å². The van der Waals surface area contributed by atoms with Gasteiger partial charge in [0.25, 0.3) is 0 Å². The average molecular weight is 480 g/mol. The van der Waals surface area contributed by atoms with Crippen LogP contribution in [0, 0.1) is 0 Å². The van der Waals surface area contributed by atoms with Crippen LogP contribution in [-0.4, -0.2) is 87.5 Å². The second kappa shape index (κ2) is 15.4. The van der Waals surface area contributed by atoms with Gasteiger partial charge in [-0.15, -0.1) is 0 Å². The molecule has 0 saturated heterocycles. The number of hydrogen-bond donors (Lipinski definition) is 9. The number of unbranched alkanes of at least 4 members (excludes halogenated alkanes) is 1. The Balaban J connectivity index is 5.48. The first-order valence-electron chi connectivity index (χ1n) is 10.0. The van der Waals surface area contributed by atoms with Gasteiger partial charge in [0.15, 0.2) is 0 Å². The lowest BCUT2D eigenvalue weighted by Crippen LogP contribution is -2.58. The second-order valence-electron chi connectivity index (χ2n) is 7.19. The van der Waals surface area contributed by atoms with E-state index in [4.69, 9.17) is 21.7 Å². The van der Waals surface area contributed by atoms with Gasteiger partial charge in [-0.25, -0.2) is 4.79 Å². The lowest BCUT2D eigenvalue weighted by atomic mass is 10.1. The van der Waals surface area contributed by atoms with Crippen LogP contribution in [0.15, 0.2) is 0 Å². The molecule has 0 aliphatic rings. The van der Waals surface area contributed by atoms with Crippen molar-refractivity contribution in [2.75, 3.05) is 12.3 Å². The van der Waals surface area contributed by atoms with Crippen molar-refractivity contribution in [3.8, 4) is 0 Å². The van der Waals surface area contributed by atoms with Crippen LogP contribution in [0.4, 0.5) is 0 Å². The van der Waals surface area contributed by atoms with Crippen LogP contribution >= 0.6 is 12.6 Å². The fourth-order valence-electron chi connectivity index (χ4n) is 2.52. The first-order valence-corrected chi connectivity index (χ1v) is 10.7. The molecular weight excluding hydrogens is 446 g/mol. The summed E-state index contributed by atoms with van der Waals surface area (Å²) in [5.74, 6) is -5.22. The molecule has 0 aromatic carbocycles. The van der Waals surface area contributed by atoms with E-state index in [1.807, 2.05) is 0 Å². The number of hydrogen-bond acceptors (Lipinski definition) is 9. The highest BCUT2D eigenvalue weighted by molar-refractivity contribution is 7.80. The number of nitrogens with two attached hydrogens (primary N) is 2. The van der Waals surface area contributed by atoms with Crippen LogP contribution < -0.4 is 27.4 Å². The van der Waals surface area contributed by atoms with Crippen molar-refractivity contribution in [1.29, 1.82) is 0 Å². The predicted octanol–water partition coefficient (Wildman–Crippen LogP) is -2.84. The van der Waals surface area contributed by atoms with E-state index >= 15 is 0 Å². The number of carboxylic acids is 2. The predicted molar refractivity (Wildman–Crippen MR) is 117 cm³/mol. The maximum absolute atomic E-state index is 12.8. The van der Waals surface area contributed by atoms with E-state index in [9.17, 15) is 29.1 Å². The molecule has 13 nitrogen and oxygen atoms in total. The van der Waals surface area contributed by atoms with Crippen LogP contribution in [0.3, 0.4) is 0 Å². The molecular formula is C18H33N5O8S. The fourth-order valence-corrected chi connectivity index (χ4v) is 2.76. The third-order valence-corrected chi connectivity index (χ3v) is 4.84. The maximum atomic E-state index is 12.8. The number of aliphatic hydroxyl groups excluding tert-OH is 1. The van der Waals surface area contributed by atoms with E-state index in [1.54, 1.807) is 0 Å². The third kappa shape index (κ3) is 11.3. The van der Waals surface area contributed by atoms with Crippen molar-refractivity contribution in [2.24, 2.45) is 11.5 Å². The van der Waals surface area contributed by atoms with Crippen LogP contribution in [0.1, 0.15) is 39.0 Å². The summed E-state index contributed by atoms with van der Waals surface area (Å²) in [6.45, 7) is 1.61. The maximum Gasteiger partial charge on any atom is 0.327 e. The van der Waals surface area contributed by atoms with E-state index in [0.29, 0.717) is 19.4 Å². The molecule has 32 heavy (non-hydrogen) atoms. The van der Waals surface area contributed by atoms with Crippen molar-refractivity contribution in [2.45, 2.75) is 69.3 Å². The number of carboxylic acid groups (broad SMARTS) is 2. The van der Waals surface area contributed by atoms with Gasteiger partial charge in [-0.1, -0.05) is 0 Å².